The molecule has 0 fully saturated rings. The van der Waals surface area contributed by atoms with Crippen LogP contribution in [-0.2, 0) is 12.8 Å². The number of anilines is 1. The Kier molecular flexibility index (Phi) is 7.10. The fourth-order valence-corrected chi connectivity index (χ4v) is 4.26. The van der Waals surface area contributed by atoms with Gasteiger partial charge in [0.25, 0.3) is 5.91 Å². The van der Waals surface area contributed by atoms with Gasteiger partial charge in [-0.15, -0.1) is 11.3 Å². The highest BCUT2D eigenvalue weighted by atomic mass is 32.1. The van der Waals surface area contributed by atoms with Crippen LogP contribution in [0.4, 0.5) is 5.13 Å². The molecule has 146 valence electrons. The molecule has 2 aromatic rings. The van der Waals surface area contributed by atoms with Gasteiger partial charge in [0.05, 0.1) is 19.4 Å². The first-order valence-corrected chi connectivity index (χ1v) is 10.6. The van der Waals surface area contributed by atoms with Crippen LogP contribution >= 0.6 is 11.3 Å². The molecular weight excluding hydrogens is 360 g/mol. The first-order chi connectivity index (χ1) is 13.2. The second kappa shape index (κ2) is 9.74. The van der Waals surface area contributed by atoms with Gasteiger partial charge >= 0.3 is 0 Å². The monoisotopic (exact) mass is 388 g/mol. The highest BCUT2D eigenvalue weighted by molar-refractivity contribution is 7.15. The van der Waals surface area contributed by atoms with Gasteiger partial charge in [0.2, 0.25) is 0 Å². The number of nitrogens with one attached hydrogen (secondary N) is 1. The molecule has 1 aromatic carbocycles. The lowest BCUT2D eigenvalue weighted by molar-refractivity contribution is 0.102. The van der Waals surface area contributed by atoms with Crippen molar-refractivity contribution in [1.82, 2.24) is 4.98 Å². The molecule has 5 nitrogen and oxygen atoms in total. The number of amides is 1. The Balaban J connectivity index is 1.61. The average molecular weight is 389 g/mol. The predicted molar refractivity (Wildman–Crippen MR) is 109 cm³/mol. The number of carbonyl (C=O) groups is 1. The molecule has 6 heteroatoms. The molecule has 0 radical (unpaired) electrons. The number of thiazole rings is 1. The molecule has 1 N–H and O–H groups in total. The Bertz CT molecular complexity index is 749. The largest absolute Gasteiger partial charge is 0.493 e. The molecule has 1 aliphatic rings. The maximum absolute atomic E-state index is 12.6. The van der Waals surface area contributed by atoms with Crippen LogP contribution in [0.3, 0.4) is 0 Å². The first-order valence-electron chi connectivity index (χ1n) is 9.82. The van der Waals surface area contributed by atoms with E-state index in [1.165, 1.54) is 30.6 Å². The van der Waals surface area contributed by atoms with Crippen molar-refractivity contribution < 1.29 is 14.3 Å². The van der Waals surface area contributed by atoms with Crippen molar-refractivity contribution in [1.29, 1.82) is 0 Å². The van der Waals surface area contributed by atoms with Gasteiger partial charge < -0.3 is 9.47 Å². The minimum Gasteiger partial charge on any atom is -0.493 e. The summed E-state index contributed by atoms with van der Waals surface area (Å²) < 4.78 is 11.2. The number of hydrogen-bond donors (Lipinski definition) is 1. The number of methoxy groups -OCH3 is 1. The minimum atomic E-state index is -0.172. The van der Waals surface area contributed by atoms with Crippen LogP contribution in [0, 0.1) is 0 Å². The van der Waals surface area contributed by atoms with Crippen molar-refractivity contribution in [3.8, 4) is 11.5 Å². The van der Waals surface area contributed by atoms with E-state index >= 15 is 0 Å². The smallest absolute Gasteiger partial charge is 0.257 e. The van der Waals surface area contributed by atoms with Crippen LogP contribution in [0.1, 0.15) is 66.4 Å². The van der Waals surface area contributed by atoms with E-state index in [9.17, 15) is 4.79 Å². The highest BCUT2D eigenvalue weighted by Gasteiger charge is 2.17. The zero-order chi connectivity index (χ0) is 19.1. The molecule has 1 heterocycles. The highest BCUT2D eigenvalue weighted by Crippen LogP contribution is 2.31. The standard InChI is InChI=1S/C21H28N2O3S/c1-3-4-5-8-13-26-17-12-11-15(14-18(17)25-2)20(24)23-21-22-16-9-6-7-10-19(16)27-21/h11-12,14H,3-10,13H2,1-2H3,(H,22,23,24). The summed E-state index contributed by atoms with van der Waals surface area (Å²) >= 11 is 1.59. The third-order valence-corrected chi connectivity index (χ3v) is 5.82. The van der Waals surface area contributed by atoms with Crippen LogP contribution in [-0.4, -0.2) is 24.6 Å². The van der Waals surface area contributed by atoms with E-state index in [2.05, 4.69) is 17.2 Å². The maximum atomic E-state index is 12.6. The Morgan fingerprint density at radius 1 is 1.19 bits per heavy atom. The quantitative estimate of drug-likeness (QED) is 0.597. The fourth-order valence-electron chi connectivity index (χ4n) is 3.21. The summed E-state index contributed by atoms with van der Waals surface area (Å²) in [6.45, 7) is 2.85. The van der Waals surface area contributed by atoms with Gasteiger partial charge in [-0.25, -0.2) is 4.98 Å². The number of benzene rings is 1. The number of fused-ring (bicyclic) bond motifs is 1. The van der Waals surface area contributed by atoms with Crippen molar-refractivity contribution >= 4 is 22.4 Å². The van der Waals surface area contributed by atoms with Gasteiger partial charge in [-0.2, -0.15) is 0 Å². The normalized spacial score (nSPS) is 13.1. The lowest BCUT2D eigenvalue weighted by Crippen LogP contribution is -2.12. The Morgan fingerprint density at radius 2 is 2.04 bits per heavy atom. The van der Waals surface area contributed by atoms with Crippen molar-refractivity contribution in [3.05, 3.63) is 34.3 Å². The summed E-state index contributed by atoms with van der Waals surface area (Å²) in [4.78, 5) is 18.5. The van der Waals surface area contributed by atoms with E-state index in [1.54, 1.807) is 36.6 Å². The second-order valence-corrected chi connectivity index (χ2v) is 7.91. The maximum Gasteiger partial charge on any atom is 0.257 e. The van der Waals surface area contributed by atoms with Crippen molar-refractivity contribution in [3.63, 3.8) is 0 Å². The number of unbranched alkanes of at least 4 members (excludes halogenated alkanes) is 3. The van der Waals surface area contributed by atoms with Gasteiger partial charge in [-0.1, -0.05) is 26.2 Å². The number of aromatic nitrogens is 1. The molecule has 1 aromatic heterocycles. The third-order valence-electron chi connectivity index (χ3n) is 4.75. The SMILES string of the molecule is CCCCCCOc1ccc(C(=O)Nc2nc3c(s2)CCCC3)cc1OC. The van der Waals surface area contributed by atoms with E-state index in [-0.39, 0.29) is 5.91 Å². The molecular formula is C21H28N2O3S. The fraction of sp³-hybridized carbons (Fsp3) is 0.524. The number of carbonyl (C=O) groups excluding carboxylic acids is 1. The van der Waals surface area contributed by atoms with Crippen LogP contribution in [0.2, 0.25) is 0 Å². The Hall–Kier alpha value is -2.08. The van der Waals surface area contributed by atoms with Gasteiger partial charge in [0.15, 0.2) is 16.6 Å². The molecule has 27 heavy (non-hydrogen) atoms. The number of aryl methyl sites for hydroxylation is 2. The molecule has 0 saturated carbocycles. The zero-order valence-corrected chi connectivity index (χ0v) is 17.0. The van der Waals surface area contributed by atoms with Crippen molar-refractivity contribution in [2.45, 2.75) is 58.3 Å². The van der Waals surface area contributed by atoms with Crippen molar-refractivity contribution in [2.24, 2.45) is 0 Å². The molecule has 1 amide bonds. The van der Waals surface area contributed by atoms with Crippen LogP contribution in [0.5, 0.6) is 11.5 Å². The molecule has 1 aliphatic carbocycles. The lowest BCUT2D eigenvalue weighted by atomic mass is 10.0. The average Bonchev–Trinajstić information content (AvgIpc) is 3.10. The van der Waals surface area contributed by atoms with E-state index in [4.69, 9.17) is 9.47 Å². The van der Waals surface area contributed by atoms with Gasteiger partial charge in [0, 0.05) is 10.4 Å². The molecule has 3 rings (SSSR count). The van der Waals surface area contributed by atoms with E-state index in [0.717, 1.165) is 31.4 Å². The molecule has 0 bridgehead atoms. The van der Waals surface area contributed by atoms with Gasteiger partial charge in [0.1, 0.15) is 0 Å². The predicted octanol–water partition coefficient (Wildman–Crippen LogP) is 5.24. The Morgan fingerprint density at radius 3 is 2.81 bits per heavy atom. The van der Waals surface area contributed by atoms with Crippen molar-refractivity contribution in [2.75, 3.05) is 19.0 Å². The molecule has 0 spiro atoms. The van der Waals surface area contributed by atoms with E-state index < -0.39 is 0 Å². The summed E-state index contributed by atoms with van der Waals surface area (Å²) in [5, 5.41) is 3.61. The molecule has 0 unspecified atom stereocenters. The summed E-state index contributed by atoms with van der Waals surface area (Å²) in [5.41, 5.74) is 1.68. The molecule has 0 aliphatic heterocycles. The van der Waals surface area contributed by atoms with Crippen LogP contribution in [0.25, 0.3) is 0 Å². The summed E-state index contributed by atoms with van der Waals surface area (Å²) in [5.74, 6) is 1.08. The van der Waals surface area contributed by atoms with Gasteiger partial charge in [-0.3, -0.25) is 10.1 Å². The number of nitrogens with zero attached hydrogens (tertiary/aromatic N) is 1. The lowest BCUT2D eigenvalue weighted by Gasteiger charge is -2.12. The third kappa shape index (κ3) is 5.22. The number of rotatable bonds is 9. The number of hydrogen-bond acceptors (Lipinski definition) is 5. The summed E-state index contributed by atoms with van der Waals surface area (Å²) in [7, 11) is 1.59. The van der Waals surface area contributed by atoms with Crippen LogP contribution < -0.4 is 14.8 Å². The molecule has 0 atom stereocenters. The van der Waals surface area contributed by atoms with E-state index in [0.29, 0.717) is 28.8 Å². The summed E-state index contributed by atoms with van der Waals surface area (Å²) in [6.07, 6.45) is 9.09. The second-order valence-electron chi connectivity index (χ2n) is 6.82. The van der Waals surface area contributed by atoms with Crippen LogP contribution in [0.15, 0.2) is 18.2 Å². The number of ether oxygens (including phenoxy) is 2. The Labute approximate surface area is 165 Å². The minimum absolute atomic E-state index is 0.172. The van der Waals surface area contributed by atoms with Gasteiger partial charge in [-0.05, 0) is 50.3 Å². The molecule has 0 saturated heterocycles. The zero-order valence-electron chi connectivity index (χ0n) is 16.2. The van der Waals surface area contributed by atoms with E-state index in [1.807, 2.05) is 0 Å². The topological polar surface area (TPSA) is 60.5 Å². The first kappa shape index (κ1) is 19.7. The summed E-state index contributed by atoms with van der Waals surface area (Å²) in [6, 6.07) is 5.30.